The van der Waals surface area contributed by atoms with Crippen molar-refractivity contribution in [3.05, 3.63) is 0 Å². The Morgan fingerprint density at radius 1 is 1.04 bits per heavy atom. The molecule has 4 unspecified atom stereocenters. The fourth-order valence-electron chi connectivity index (χ4n) is 5.39. The van der Waals surface area contributed by atoms with Crippen molar-refractivity contribution in [3.8, 4) is 0 Å². The SMILES string of the molecule is CC(C)C1CCCCC1NC1CC2CCC(C1)N2C(=O)OC(C)(C)C. The standard InChI is InChI=1S/C21H38N2O2/c1-14(2)18-8-6-7-9-19(18)22-15-12-16-10-11-17(13-15)23(16)20(24)25-21(3,4)5/h14-19,22H,6-13H2,1-5H3. The molecule has 0 aromatic heterocycles. The van der Waals surface area contributed by atoms with Crippen LogP contribution in [0.5, 0.6) is 0 Å². The topological polar surface area (TPSA) is 41.6 Å². The first kappa shape index (κ1) is 19.0. The van der Waals surface area contributed by atoms with Gasteiger partial charge < -0.3 is 15.0 Å². The lowest BCUT2D eigenvalue weighted by Crippen LogP contribution is -2.55. The molecule has 4 atom stereocenters. The van der Waals surface area contributed by atoms with Gasteiger partial charge in [-0.15, -0.1) is 0 Å². The van der Waals surface area contributed by atoms with Gasteiger partial charge in [-0.1, -0.05) is 26.7 Å². The van der Waals surface area contributed by atoms with Gasteiger partial charge in [0.05, 0.1) is 0 Å². The van der Waals surface area contributed by atoms with E-state index >= 15 is 0 Å². The number of carbonyl (C=O) groups excluding carboxylic acids is 1. The van der Waals surface area contributed by atoms with Gasteiger partial charge in [0.25, 0.3) is 0 Å². The minimum Gasteiger partial charge on any atom is -0.444 e. The van der Waals surface area contributed by atoms with E-state index in [2.05, 4.69) is 24.1 Å². The number of amides is 1. The molecule has 3 fully saturated rings. The molecule has 2 bridgehead atoms. The summed E-state index contributed by atoms with van der Waals surface area (Å²) in [4.78, 5) is 14.7. The monoisotopic (exact) mass is 350 g/mol. The van der Waals surface area contributed by atoms with Gasteiger partial charge in [0, 0.05) is 24.2 Å². The Morgan fingerprint density at radius 2 is 1.64 bits per heavy atom. The first-order valence-electron chi connectivity index (χ1n) is 10.5. The van der Waals surface area contributed by atoms with Crippen LogP contribution in [-0.2, 0) is 4.74 Å². The Kier molecular flexibility index (Phi) is 5.67. The van der Waals surface area contributed by atoms with E-state index in [4.69, 9.17) is 4.74 Å². The number of carbonyl (C=O) groups is 1. The second-order valence-electron chi connectivity index (χ2n) is 9.91. The highest BCUT2D eigenvalue weighted by atomic mass is 16.6. The van der Waals surface area contributed by atoms with Crippen LogP contribution < -0.4 is 5.32 Å². The maximum atomic E-state index is 12.6. The molecule has 2 saturated heterocycles. The molecule has 25 heavy (non-hydrogen) atoms. The zero-order valence-electron chi connectivity index (χ0n) is 16.9. The van der Waals surface area contributed by atoms with Crippen molar-refractivity contribution >= 4 is 6.09 Å². The van der Waals surface area contributed by atoms with E-state index in [0.717, 1.165) is 37.5 Å². The van der Waals surface area contributed by atoms with Gasteiger partial charge in [-0.2, -0.15) is 0 Å². The number of rotatable bonds is 3. The molecule has 144 valence electrons. The fourth-order valence-corrected chi connectivity index (χ4v) is 5.39. The highest BCUT2D eigenvalue weighted by Gasteiger charge is 2.45. The first-order valence-corrected chi connectivity index (χ1v) is 10.5. The normalized spacial score (nSPS) is 35.9. The highest BCUT2D eigenvalue weighted by molar-refractivity contribution is 5.69. The van der Waals surface area contributed by atoms with Gasteiger partial charge in [0.2, 0.25) is 0 Å². The lowest BCUT2D eigenvalue weighted by Gasteiger charge is -2.43. The van der Waals surface area contributed by atoms with Gasteiger partial charge in [-0.25, -0.2) is 4.79 Å². The molecule has 0 radical (unpaired) electrons. The summed E-state index contributed by atoms with van der Waals surface area (Å²) in [5.41, 5.74) is -0.405. The number of hydrogen-bond acceptors (Lipinski definition) is 3. The Labute approximate surface area is 154 Å². The van der Waals surface area contributed by atoms with Crippen LogP contribution in [-0.4, -0.2) is 40.8 Å². The molecule has 2 heterocycles. The van der Waals surface area contributed by atoms with E-state index in [1.807, 2.05) is 20.8 Å². The summed E-state index contributed by atoms with van der Waals surface area (Å²) in [5.74, 6) is 1.58. The largest absolute Gasteiger partial charge is 0.444 e. The van der Waals surface area contributed by atoms with Crippen molar-refractivity contribution in [2.24, 2.45) is 11.8 Å². The van der Waals surface area contributed by atoms with E-state index in [1.54, 1.807) is 0 Å². The zero-order chi connectivity index (χ0) is 18.2. The fraction of sp³-hybridized carbons (Fsp3) is 0.952. The van der Waals surface area contributed by atoms with E-state index in [1.165, 1.54) is 25.7 Å². The first-order chi connectivity index (χ1) is 11.7. The van der Waals surface area contributed by atoms with Crippen LogP contribution in [0.25, 0.3) is 0 Å². The molecule has 0 spiro atoms. The summed E-state index contributed by atoms with van der Waals surface area (Å²) in [5, 5.41) is 4.02. The molecule has 0 aromatic carbocycles. The number of nitrogens with one attached hydrogen (secondary N) is 1. The Bertz CT molecular complexity index is 457. The van der Waals surface area contributed by atoms with Gasteiger partial charge in [0.1, 0.15) is 5.60 Å². The summed E-state index contributed by atoms with van der Waals surface area (Å²) in [6.07, 6.45) is 9.82. The summed E-state index contributed by atoms with van der Waals surface area (Å²) < 4.78 is 5.66. The maximum Gasteiger partial charge on any atom is 0.410 e. The number of nitrogens with zero attached hydrogens (tertiary/aromatic N) is 1. The lowest BCUT2D eigenvalue weighted by molar-refractivity contribution is 0.00338. The molecule has 0 aromatic rings. The minimum absolute atomic E-state index is 0.101. The average molecular weight is 351 g/mol. The summed E-state index contributed by atoms with van der Waals surface area (Å²) in [6.45, 7) is 10.6. The Balaban J connectivity index is 1.59. The molecule has 1 amide bonds. The van der Waals surface area contributed by atoms with Gasteiger partial charge >= 0.3 is 6.09 Å². The van der Waals surface area contributed by atoms with Gasteiger partial charge in [-0.3, -0.25) is 0 Å². The molecule has 1 N–H and O–H groups in total. The Hall–Kier alpha value is -0.770. The highest BCUT2D eigenvalue weighted by Crippen LogP contribution is 2.38. The second-order valence-corrected chi connectivity index (χ2v) is 9.91. The van der Waals surface area contributed by atoms with E-state index in [0.29, 0.717) is 24.2 Å². The lowest BCUT2D eigenvalue weighted by atomic mass is 9.77. The van der Waals surface area contributed by atoms with Crippen LogP contribution in [0.3, 0.4) is 0 Å². The van der Waals surface area contributed by atoms with Crippen molar-refractivity contribution in [1.82, 2.24) is 10.2 Å². The summed E-state index contributed by atoms with van der Waals surface area (Å²) in [6, 6.07) is 1.98. The number of ether oxygens (including phenoxy) is 1. The molecule has 3 rings (SSSR count). The number of hydrogen-bond donors (Lipinski definition) is 1. The third-order valence-corrected chi connectivity index (χ3v) is 6.46. The summed E-state index contributed by atoms with van der Waals surface area (Å²) >= 11 is 0. The van der Waals surface area contributed by atoms with E-state index < -0.39 is 5.60 Å². The molecule has 2 aliphatic heterocycles. The third kappa shape index (κ3) is 4.50. The molecule has 4 heteroatoms. The average Bonchev–Trinajstić information content (AvgIpc) is 2.78. The van der Waals surface area contributed by atoms with Gasteiger partial charge in [-0.05, 0) is 71.1 Å². The van der Waals surface area contributed by atoms with Crippen molar-refractivity contribution < 1.29 is 9.53 Å². The van der Waals surface area contributed by atoms with Crippen LogP contribution in [0.2, 0.25) is 0 Å². The van der Waals surface area contributed by atoms with Crippen LogP contribution in [0.1, 0.15) is 86.0 Å². The van der Waals surface area contributed by atoms with Crippen LogP contribution in [0, 0.1) is 11.8 Å². The van der Waals surface area contributed by atoms with Crippen LogP contribution in [0.15, 0.2) is 0 Å². The molecular formula is C21H38N2O2. The number of fused-ring (bicyclic) bond motifs is 2. The predicted octanol–water partition coefficient (Wildman–Crippen LogP) is 4.72. The quantitative estimate of drug-likeness (QED) is 0.800. The van der Waals surface area contributed by atoms with Gasteiger partial charge in [0.15, 0.2) is 0 Å². The molecule has 1 saturated carbocycles. The van der Waals surface area contributed by atoms with Crippen molar-refractivity contribution in [2.75, 3.05) is 0 Å². The van der Waals surface area contributed by atoms with Crippen molar-refractivity contribution in [1.29, 1.82) is 0 Å². The van der Waals surface area contributed by atoms with Crippen LogP contribution >= 0.6 is 0 Å². The van der Waals surface area contributed by atoms with Crippen molar-refractivity contribution in [3.63, 3.8) is 0 Å². The predicted molar refractivity (Wildman–Crippen MR) is 102 cm³/mol. The molecule has 4 nitrogen and oxygen atoms in total. The third-order valence-electron chi connectivity index (χ3n) is 6.46. The minimum atomic E-state index is -0.405. The Morgan fingerprint density at radius 3 is 2.20 bits per heavy atom. The van der Waals surface area contributed by atoms with E-state index in [9.17, 15) is 4.79 Å². The second kappa shape index (κ2) is 7.46. The molecule has 1 aliphatic carbocycles. The molecule has 3 aliphatic rings. The zero-order valence-corrected chi connectivity index (χ0v) is 16.9. The number of piperidine rings is 1. The van der Waals surface area contributed by atoms with Crippen molar-refractivity contribution in [2.45, 2.75) is 116 Å². The maximum absolute atomic E-state index is 12.6. The van der Waals surface area contributed by atoms with Crippen LogP contribution in [0.4, 0.5) is 4.79 Å². The smallest absolute Gasteiger partial charge is 0.410 e. The molecular weight excluding hydrogens is 312 g/mol. The van der Waals surface area contributed by atoms with E-state index in [-0.39, 0.29) is 6.09 Å². The summed E-state index contributed by atoms with van der Waals surface area (Å²) in [7, 11) is 0.